The number of anilines is 1. The summed E-state index contributed by atoms with van der Waals surface area (Å²) >= 11 is 0. The fourth-order valence-corrected chi connectivity index (χ4v) is 3.83. The molecule has 0 saturated carbocycles. The number of nitrogens with one attached hydrogen (secondary N) is 1. The Morgan fingerprint density at radius 3 is 2.97 bits per heavy atom. The molecule has 8 nitrogen and oxygen atoms in total. The molecule has 2 aromatic heterocycles. The highest BCUT2D eigenvalue weighted by molar-refractivity contribution is 5.91. The van der Waals surface area contributed by atoms with Crippen molar-refractivity contribution in [2.75, 3.05) is 12.4 Å². The largest absolute Gasteiger partial charge is 0.497 e. The molecule has 1 atom stereocenters. The zero-order valence-corrected chi connectivity index (χ0v) is 17.0. The molecular weight excluding hydrogens is 382 g/mol. The van der Waals surface area contributed by atoms with E-state index in [2.05, 4.69) is 15.4 Å². The predicted octanol–water partition coefficient (Wildman–Crippen LogP) is 2.48. The number of amides is 1. The van der Waals surface area contributed by atoms with Crippen LogP contribution in [-0.4, -0.2) is 32.3 Å². The minimum absolute atomic E-state index is 0.0261. The Kier molecular flexibility index (Phi) is 5.92. The molecule has 0 saturated heterocycles. The Hall–Kier alpha value is -3.42. The first-order valence-corrected chi connectivity index (χ1v) is 10.1. The van der Waals surface area contributed by atoms with Crippen molar-refractivity contribution in [3.63, 3.8) is 0 Å². The maximum absolute atomic E-state index is 12.8. The number of hydrogen-bond acceptors (Lipinski definition) is 5. The van der Waals surface area contributed by atoms with Gasteiger partial charge in [0.2, 0.25) is 5.91 Å². The summed E-state index contributed by atoms with van der Waals surface area (Å²) in [6, 6.07) is 11.1. The number of pyridine rings is 1. The summed E-state index contributed by atoms with van der Waals surface area (Å²) in [5.41, 5.74) is 1.56. The molecule has 3 heterocycles. The molecule has 1 aliphatic heterocycles. The molecule has 4 rings (SSSR count). The van der Waals surface area contributed by atoms with Crippen molar-refractivity contribution in [2.24, 2.45) is 5.92 Å². The van der Waals surface area contributed by atoms with E-state index in [9.17, 15) is 9.59 Å². The van der Waals surface area contributed by atoms with Crippen molar-refractivity contribution in [3.8, 4) is 5.75 Å². The molecule has 0 fully saturated rings. The lowest BCUT2D eigenvalue weighted by Gasteiger charge is -2.14. The minimum atomic E-state index is -0.102. The minimum Gasteiger partial charge on any atom is -0.497 e. The van der Waals surface area contributed by atoms with Crippen molar-refractivity contribution < 1.29 is 9.53 Å². The van der Waals surface area contributed by atoms with E-state index in [0.29, 0.717) is 31.7 Å². The van der Waals surface area contributed by atoms with E-state index in [1.165, 1.54) is 4.68 Å². The molecule has 0 radical (unpaired) electrons. The first-order chi connectivity index (χ1) is 14.6. The van der Waals surface area contributed by atoms with E-state index >= 15 is 0 Å². The Balaban J connectivity index is 1.36. The van der Waals surface area contributed by atoms with Crippen LogP contribution in [0.25, 0.3) is 0 Å². The number of aromatic nitrogens is 4. The second-order valence-electron chi connectivity index (χ2n) is 7.55. The van der Waals surface area contributed by atoms with Crippen LogP contribution in [0.4, 0.5) is 5.69 Å². The molecule has 1 aliphatic rings. The molecule has 30 heavy (non-hydrogen) atoms. The van der Waals surface area contributed by atoms with Gasteiger partial charge in [0.05, 0.1) is 13.7 Å². The van der Waals surface area contributed by atoms with Crippen LogP contribution in [0.15, 0.2) is 53.6 Å². The van der Waals surface area contributed by atoms with Gasteiger partial charge in [-0.1, -0.05) is 12.1 Å². The average Bonchev–Trinajstić information content (AvgIpc) is 2.92. The standard InChI is InChI=1S/C22H25N5O3/c1-30-19-6-2-5-18(13-19)24-21(28)12-16-7-8-20-25-27(22(29)26(20)11-9-16)15-17-4-3-10-23-14-17/h2-6,10,13-14,16H,7-9,11-12,15H2,1H3,(H,24,28). The number of fused-ring (bicyclic) bond motifs is 1. The molecule has 0 spiro atoms. The van der Waals surface area contributed by atoms with Crippen LogP contribution in [0.3, 0.4) is 0 Å². The molecule has 1 amide bonds. The van der Waals surface area contributed by atoms with E-state index in [-0.39, 0.29) is 17.5 Å². The van der Waals surface area contributed by atoms with Gasteiger partial charge in [-0.25, -0.2) is 9.48 Å². The number of benzene rings is 1. The Morgan fingerprint density at radius 1 is 1.27 bits per heavy atom. The number of methoxy groups -OCH3 is 1. The van der Waals surface area contributed by atoms with Crippen LogP contribution in [0, 0.1) is 5.92 Å². The number of carbonyl (C=O) groups excluding carboxylic acids is 1. The van der Waals surface area contributed by atoms with Crippen molar-refractivity contribution >= 4 is 11.6 Å². The fraction of sp³-hybridized carbons (Fsp3) is 0.364. The molecule has 1 N–H and O–H groups in total. The van der Waals surface area contributed by atoms with E-state index < -0.39 is 0 Å². The number of aryl methyl sites for hydroxylation is 1. The first-order valence-electron chi connectivity index (χ1n) is 10.1. The molecule has 156 valence electrons. The zero-order chi connectivity index (χ0) is 20.9. The van der Waals surface area contributed by atoms with Gasteiger partial charge in [-0.05, 0) is 42.5 Å². The topological polar surface area (TPSA) is 91.0 Å². The first kappa shape index (κ1) is 19.9. The van der Waals surface area contributed by atoms with Gasteiger partial charge < -0.3 is 10.1 Å². The van der Waals surface area contributed by atoms with E-state index in [4.69, 9.17) is 4.74 Å². The third-order valence-corrected chi connectivity index (χ3v) is 5.42. The van der Waals surface area contributed by atoms with Gasteiger partial charge in [-0.15, -0.1) is 0 Å². The van der Waals surface area contributed by atoms with Crippen LogP contribution in [0.2, 0.25) is 0 Å². The summed E-state index contributed by atoms with van der Waals surface area (Å²) in [6.07, 6.45) is 6.16. The second kappa shape index (κ2) is 8.94. The maximum Gasteiger partial charge on any atom is 0.346 e. The summed E-state index contributed by atoms with van der Waals surface area (Å²) in [7, 11) is 1.60. The molecule has 0 bridgehead atoms. The quantitative estimate of drug-likeness (QED) is 0.678. The van der Waals surface area contributed by atoms with E-state index in [0.717, 1.165) is 29.9 Å². The molecule has 0 aliphatic carbocycles. The molecule has 1 unspecified atom stereocenters. The number of nitrogens with zero attached hydrogens (tertiary/aromatic N) is 4. The number of hydrogen-bond donors (Lipinski definition) is 1. The smallest absolute Gasteiger partial charge is 0.346 e. The highest BCUT2D eigenvalue weighted by Crippen LogP contribution is 2.23. The van der Waals surface area contributed by atoms with Gasteiger partial charge in [0, 0.05) is 43.5 Å². The van der Waals surface area contributed by atoms with Crippen molar-refractivity contribution in [3.05, 3.63) is 70.7 Å². The van der Waals surface area contributed by atoms with Crippen LogP contribution >= 0.6 is 0 Å². The number of carbonyl (C=O) groups is 1. The average molecular weight is 407 g/mol. The van der Waals surface area contributed by atoms with Gasteiger partial charge in [-0.2, -0.15) is 5.10 Å². The van der Waals surface area contributed by atoms with Crippen LogP contribution in [-0.2, 0) is 24.3 Å². The Labute approximate surface area is 174 Å². The number of ether oxygens (including phenoxy) is 1. The SMILES string of the molecule is COc1cccc(NC(=O)CC2CCc3nn(Cc4cccnc4)c(=O)n3CC2)c1. The van der Waals surface area contributed by atoms with Gasteiger partial charge in [-0.3, -0.25) is 14.3 Å². The summed E-state index contributed by atoms with van der Waals surface area (Å²) < 4.78 is 8.44. The van der Waals surface area contributed by atoms with Crippen LogP contribution in [0.1, 0.15) is 30.7 Å². The lowest BCUT2D eigenvalue weighted by Crippen LogP contribution is -2.26. The summed E-state index contributed by atoms with van der Waals surface area (Å²) in [6.45, 7) is 0.997. The molecule has 3 aromatic rings. The van der Waals surface area contributed by atoms with Crippen LogP contribution in [0.5, 0.6) is 5.75 Å². The van der Waals surface area contributed by atoms with E-state index in [1.54, 1.807) is 30.1 Å². The highest BCUT2D eigenvalue weighted by Gasteiger charge is 2.23. The zero-order valence-electron chi connectivity index (χ0n) is 17.0. The van der Waals surface area contributed by atoms with Gasteiger partial charge in [0.15, 0.2) is 0 Å². The summed E-state index contributed by atoms with van der Waals surface area (Å²) in [4.78, 5) is 29.3. The maximum atomic E-state index is 12.8. The third kappa shape index (κ3) is 4.59. The van der Waals surface area contributed by atoms with Crippen molar-refractivity contribution in [1.82, 2.24) is 19.3 Å². The van der Waals surface area contributed by atoms with Crippen molar-refractivity contribution in [1.29, 1.82) is 0 Å². The Morgan fingerprint density at radius 2 is 2.17 bits per heavy atom. The fourth-order valence-electron chi connectivity index (χ4n) is 3.83. The molecule has 1 aromatic carbocycles. The lowest BCUT2D eigenvalue weighted by atomic mass is 9.96. The van der Waals surface area contributed by atoms with Crippen molar-refractivity contribution in [2.45, 2.75) is 38.8 Å². The monoisotopic (exact) mass is 407 g/mol. The normalized spacial score (nSPS) is 15.8. The second-order valence-corrected chi connectivity index (χ2v) is 7.55. The highest BCUT2D eigenvalue weighted by atomic mass is 16.5. The van der Waals surface area contributed by atoms with E-state index in [1.807, 2.05) is 30.3 Å². The third-order valence-electron chi connectivity index (χ3n) is 5.42. The van der Waals surface area contributed by atoms with Gasteiger partial charge in [0.25, 0.3) is 0 Å². The molecule has 8 heteroatoms. The predicted molar refractivity (Wildman–Crippen MR) is 112 cm³/mol. The lowest BCUT2D eigenvalue weighted by molar-refractivity contribution is -0.117. The van der Waals surface area contributed by atoms with Crippen LogP contribution < -0.4 is 15.7 Å². The summed E-state index contributed by atoms with van der Waals surface area (Å²) in [5.74, 6) is 1.68. The summed E-state index contributed by atoms with van der Waals surface area (Å²) in [5, 5.41) is 7.46. The Bertz CT molecular complexity index is 1070. The van der Waals surface area contributed by atoms with Gasteiger partial charge >= 0.3 is 5.69 Å². The van der Waals surface area contributed by atoms with Gasteiger partial charge in [0.1, 0.15) is 11.6 Å². The number of rotatable bonds is 6. The molecular formula is C22H25N5O3.